The third-order valence-corrected chi connectivity index (χ3v) is 1.59. The summed E-state index contributed by atoms with van der Waals surface area (Å²) in [6, 6.07) is 8.65. The molecule has 0 saturated heterocycles. The van der Waals surface area contributed by atoms with E-state index in [1.54, 1.807) is 37.3 Å². The van der Waals surface area contributed by atoms with E-state index in [1.807, 2.05) is 6.07 Å². The largest absolute Gasteiger partial charge is 0.289 e. The van der Waals surface area contributed by atoms with Crippen molar-refractivity contribution in [2.75, 3.05) is 0 Å². The van der Waals surface area contributed by atoms with Gasteiger partial charge in [0.2, 0.25) is 0 Å². The molecule has 0 aliphatic heterocycles. The van der Waals surface area contributed by atoms with Crippen LogP contribution >= 0.6 is 0 Å². The average molecular weight is 171 g/mol. The predicted molar refractivity (Wildman–Crippen MR) is 50.3 cm³/mol. The molecule has 0 unspecified atom stereocenters. The van der Waals surface area contributed by atoms with Crippen molar-refractivity contribution < 1.29 is 4.79 Å². The van der Waals surface area contributed by atoms with Crippen molar-refractivity contribution in [3.8, 4) is 6.07 Å². The second kappa shape index (κ2) is 4.22. The first kappa shape index (κ1) is 9.21. The fourth-order valence-electron chi connectivity index (χ4n) is 0.990. The van der Waals surface area contributed by atoms with E-state index in [1.165, 1.54) is 6.08 Å². The molecule has 1 rings (SSSR count). The number of benzene rings is 1. The summed E-state index contributed by atoms with van der Waals surface area (Å²) in [5.74, 6) is -0.0698. The maximum atomic E-state index is 11.3. The van der Waals surface area contributed by atoms with Gasteiger partial charge in [-0.2, -0.15) is 5.26 Å². The van der Waals surface area contributed by atoms with E-state index in [0.717, 1.165) is 0 Å². The number of nitriles is 1. The van der Waals surface area contributed by atoms with Crippen molar-refractivity contribution >= 4 is 5.78 Å². The van der Waals surface area contributed by atoms with Crippen LogP contribution in [0, 0.1) is 11.3 Å². The normalized spacial score (nSPS) is 9.85. The van der Waals surface area contributed by atoms with Gasteiger partial charge in [0, 0.05) is 5.56 Å². The molecular formula is C11H9NO. The topological polar surface area (TPSA) is 40.9 Å². The van der Waals surface area contributed by atoms with Crippen molar-refractivity contribution in [1.29, 1.82) is 5.26 Å². The highest BCUT2D eigenvalue weighted by Crippen LogP contribution is 2.05. The number of ketones is 1. The van der Waals surface area contributed by atoms with Crippen molar-refractivity contribution in [2.24, 2.45) is 0 Å². The zero-order valence-corrected chi connectivity index (χ0v) is 7.32. The lowest BCUT2D eigenvalue weighted by atomic mass is 10.1. The van der Waals surface area contributed by atoms with Gasteiger partial charge in [0.05, 0.1) is 11.6 Å². The predicted octanol–water partition coefficient (Wildman–Crippen LogP) is 2.32. The number of nitrogens with zero attached hydrogens (tertiary/aromatic N) is 1. The van der Waals surface area contributed by atoms with Crippen LogP contribution in [-0.4, -0.2) is 5.78 Å². The van der Waals surface area contributed by atoms with Crippen LogP contribution in [-0.2, 0) is 0 Å². The number of carbonyl (C=O) groups is 1. The Balaban J connectivity index is 3.03. The molecule has 2 nitrogen and oxygen atoms in total. The minimum absolute atomic E-state index is 0.0698. The first-order chi connectivity index (χ1) is 6.27. The van der Waals surface area contributed by atoms with Gasteiger partial charge in [-0.15, -0.1) is 0 Å². The van der Waals surface area contributed by atoms with Crippen LogP contribution in [0.5, 0.6) is 0 Å². The van der Waals surface area contributed by atoms with E-state index < -0.39 is 0 Å². The molecule has 0 saturated carbocycles. The quantitative estimate of drug-likeness (QED) is 0.506. The van der Waals surface area contributed by atoms with Crippen molar-refractivity contribution in [1.82, 2.24) is 0 Å². The molecule has 2 heteroatoms. The Kier molecular flexibility index (Phi) is 2.99. The highest BCUT2D eigenvalue weighted by atomic mass is 16.1. The Bertz CT molecular complexity index is 385. The van der Waals surface area contributed by atoms with Gasteiger partial charge in [-0.25, -0.2) is 0 Å². The summed E-state index contributed by atoms with van der Waals surface area (Å²) in [4.78, 5) is 11.3. The summed E-state index contributed by atoms with van der Waals surface area (Å²) in [6.45, 7) is 1.78. The van der Waals surface area contributed by atoms with Gasteiger partial charge in [-0.05, 0) is 25.1 Å². The molecule has 0 N–H and O–H groups in total. The van der Waals surface area contributed by atoms with Crippen molar-refractivity contribution in [2.45, 2.75) is 6.92 Å². The smallest absolute Gasteiger partial charge is 0.185 e. The van der Waals surface area contributed by atoms with Gasteiger partial charge in [0.15, 0.2) is 5.78 Å². The van der Waals surface area contributed by atoms with Gasteiger partial charge in [-0.3, -0.25) is 4.79 Å². The molecule has 0 aliphatic carbocycles. The monoisotopic (exact) mass is 171 g/mol. The fraction of sp³-hybridized carbons (Fsp3) is 0.0909. The molecule has 0 fully saturated rings. The highest BCUT2D eigenvalue weighted by Gasteiger charge is 2.00. The molecule has 1 aromatic rings. The van der Waals surface area contributed by atoms with Crippen LogP contribution in [0.3, 0.4) is 0 Å². The number of hydrogen-bond acceptors (Lipinski definition) is 2. The maximum Gasteiger partial charge on any atom is 0.185 e. The lowest BCUT2D eigenvalue weighted by Crippen LogP contribution is -1.93. The highest BCUT2D eigenvalue weighted by molar-refractivity contribution is 6.04. The third-order valence-electron chi connectivity index (χ3n) is 1.59. The van der Waals surface area contributed by atoms with Crippen LogP contribution in [0.1, 0.15) is 22.8 Å². The van der Waals surface area contributed by atoms with Gasteiger partial charge in [-0.1, -0.05) is 18.2 Å². The summed E-state index contributed by atoms with van der Waals surface area (Å²) in [6.07, 6.45) is 3.16. The first-order valence-corrected chi connectivity index (χ1v) is 3.95. The first-order valence-electron chi connectivity index (χ1n) is 3.95. The SMILES string of the molecule is C/C=C/C(=O)c1cccc(C#N)c1. The standard InChI is InChI=1S/C11H9NO/c1-2-4-11(13)10-6-3-5-9(7-10)8-12/h2-7H,1H3/b4-2+. The minimum atomic E-state index is -0.0698. The van der Waals surface area contributed by atoms with Crippen LogP contribution in [0.15, 0.2) is 36.4 Å². The molecule has 0 atom stereocenters. The molecule has 1 aromatic carbocycles. The molecule has 64 valence electrons. The third kappa shape index (κ3) is 2.28. The lowest BCUT2D eigenvalue weighted by molar-refractivity contribution is 0.104. The molecule has 0 aliphatic rings. The maximum absolute atomic E-state index is 11.3. The van der Waals surface area contributed by atoms with Crippen LogP contribution in [0.25, 0.3) is 0 Å². The minimum Gasteiger partial charge on any atom is -0.289 e. The number of allylic oxidation sites excluding steroid dienone is 2. The summed E-state index contributed by atoms with van der Waals surface area (Å²) < 4.78 is 0. The van der Waals surface area contributed by atoms with E-state index in [4.69, 9.17) is 5.26 Å². The van der Waals surface area contributed by atoms with Crippen molar-refractivity contribution in [3.05, 3.63) is 47.5 Å². The number of carbonyl (C=O) groups excluding carboxylic acids is 1. The van der Waals surface area contributed by atoms with E-state index in [0.29, 0.717) is 11.1 Å². The summed E-state index contributed by atoms with van der Waals surface area (Å²) in [7, 11) is 0. The fourth-order valence-corrected chi connectivity index (χ4v) is 0.990. The van der Waals surface area contributed by atoms with Gasteiger partial charge in [0.1, 0.15) is 0 Å². The summed E-state index contributed by atoms with van der Waals surface area (Å²) in [5.41, 5.74) is 1.06. The van der Waals surface area contributed by atoms with Gasteiger partial charge >= 0.3 is 0 Å². The average Bonchev–Trinajstić information content (AvgIpc) is 2.18. The second-order valence-corrected chi connectivity index (χ2v) is 2.56. The zero-order valence-electron chi connectivity index (χ0n) is 7.32. The second-order valence-electron chi connectivity index (χ2n) is 2.56. The van der Waals surface area contributed by atoms with E-state index >= 15 is 0 Å². The van der Waals surface area contributed by atoms with Crippen LogP contribution < -0.4 is 0 Å². The van der Waals surface area contributed by atoms with Crippen LogP contribution in [0.4, 0.5) is 0 Å². The Hall–Kier alpha value is -1.88. The molecule has 13 heavy (non-hydrogen) atoms. The zero-order chi connectivity index (χ0) is 9.68. The molecule has 0 radical (unpaired) electrons. The Morgan fingerprint density at radius 3 is 2.92 bits per heavy atom. The molecular weight excluding hydrogens is 162 g/mol. The van der Waals surface area contributed by atoms with E-state index in [9.17, 15) is 4.79 Å². The Morgan fingerprint density at radius 2 is 2.31 bits per heavy atom. The van der Waals surface area contributed by atoms with Crippen molar-refractivity contribution in [3.63, 3.8) is 0 Å². The lowest BCUT2D eigenvalue weighted by Gasteiger charge is -1.94. The summed E-state index contributed by atoms with van der Waals surface area (Å²) in [5, 5.41) is 8.59. The van der Waals surface area contributed by atoms with Crippen LogP contribution in [0.2, 0.25) is 0 Å². The molecule has 0 amide bonds. The Labute approximate surface area is 77.1 Å². The van der Waals surface area contributed by atoms with E-state index in [2.05, 4.69) is 0 Å². The number of rotatable bonds is 2. The Morgan fingerprint density at radius 1 is 1.54 bits per heavy atom. The summed E-state index contributed by atoms with van der Waals surface area (Å²) >= 11 is 0. The molecule has 0 heterocycles. The van der Waals surface area contributed by atoms with Gasteiger partial charge in [0.25, 0.3) is 0 Å². The van der Waals surface area contributed by atoms with Gasteiger partial charge < -0.3 is 0 Å². The molecule has 0 aromatic heterocycles. The molecule has 0 spiro atoms. The molecule has 0 bridgehead atoms. The number of hydrogen-bond donors (Lipinski definition) is 0. The van der Waals surface area contributed by atoms with E-state index in [-0.39, 0.29) is 5.78 Å².